The smallest absolute Gasteiger partial charge is 0.325 e. The minimum Gasteiger partial charge on any atom is -0.325 e. The maximum atomic E-state index is 13.3. The van der Waals surface area contributed by atoms with Gasteiger partial charge in [0.2, 0.25) is 0 Å². The maximum absolute atomic E-state index is 13.3. The first-order chi connectivity index (χ1) is 8.71. The van der Waals surface area contributed by atoms with Gasteiger partial charge in [-0.15, -0.1) is 0 Å². The molecule has 0 bridgehead atoms. The van der Waals surface area contributed by atoms with Crippen LogP contribution in [0.15, 0.2) is 18.2 Å². The molecule has 0 aliphatic heterocycles. The van der Waals surface area contributed by atoms with Gasteiger partial charge >= 0.3 is 6.18 Å². The standard InChI is InChI=1S/C13H13F4NO/c14-10-6-8(2-3-9(10)13(15,16)17)11(19)7-12(18)4-1-5-12/h2-3,6H,1,4-5,7,18H2. The number of carbonyl (C=O) groups excluding carboxylic acids is 1. The molecule has 2 nitrogen and oxygen atoms in total. The predicted octanol–water partition coefficient (Wildman–Crippen LogP) is 3.30. The minimum absolute atomic E-state index is 0.0395. The Morgan fingerprint density at radius 3 is 2.37 bits per heavy atom. The lowest BCUT2D eigenvalue weighted by atomic mass is 9.74. The van der Waals surface area contributed by atoms with Crippen LogP contribution in [0.2, 0.25) is 0 Å². The summed E-state index contributed by atoms with van der Waals surface area (Å²) in [6, 6.07) is 2.22. The van der Waals surface area contributed by atoms with Crippen LogP contribution >= 0.6 is 0 Å². The molecule has 104 valence electrons. The number of benzene rings is 1. The first-order valence-corrected chi connectivity index (χ1v) is 5.90. The molecule has 1 aliphatic carbocycles. The highest BCUT2D eigenvalue weighted by molar-refractivity contribution is 5.97. The summed E-state index contributed by atoms with van der Waals surface area (Å²) < 4.78 is 50.4. The molecule has 0 radical (unpaired) electrons. The quantitative estimate of drug-likeness (QED) is 0.679. The van der Waals surface area contributed by atoms with Crippen LogP contribution in [-0.2, 0) is 6.18 Å². The largest absolute Gasteiger partial charge is 0.419 e. The highest BCUT2D eigenvalue weighted by Crippen LogP contribution is 2.34. The first kappa shape index (κ1) is 14.0. The molecule has 1 aromatic carbocycles. The highest BCUT2D eigenvalue weighted by Gasteiger charge is 2.36. The summed E-state index contributed by atoms with van der Waals surface area (Å²) in [4.78, 5) is 11.8. The number of ketones is 1. The summed E-state index contributed by atoms with van der Waals surface area (Å²) in [5.41, 5.74) is 3.88. The number of hydrogen-bond acceptors (Lipinski definition) is 2. The van der Waals surface area contributed by atoms with E-state index >= 15 is 0 Å². The number of carbonyl (C=O) groups is 1. The Balaban J connectivity index is 2.18. The van der Waals surface area contributed by atoms with Gasteiger partial charge in [-0.2, -0.15) is 13.2 Å². The molecule has 1 aromatic rings. The Hall–Kier alpha value is -1.43. The molecule has 1 fully saturated rings. The van der Waals surface area contributed by atoms with Crippen molar-refractivity contribution in [3.05, 3.63) is 35.1 Å². The van der Waals surface area contributed by atoms with Gasteiger partial charge < -0.3 is 5.73 Å². The van der Waals surface area contributed by atoms with E-state index < -0.39 is 28.9 Å². The van der Waals surface area contributed by atoms with Crippen LogP contribution in [-0.4, -0.2) is 11.3 Å². The van der Waals surface area contributed by atoms with E-state index in [2.05, 4.69) is 0 Å². The number of rotatable bonds is 3. The summed E-state index contributed by atoms with van der Waals surface area (Å²) in [5.74, 6) is -1.85. The van der Waals surface area contributed by atoms with E-state index in [0.29, 0.717) is 25.0 Å². The van der Waals surface area contributed by atoms with Crippen LogP contribution in [0.1, 0.15) is 41.6 Å². The Morgan fingerprint density at radius 2 is 1.95 bits per heavy atom. The molecule has 0 saturated heterocycles. The number of alkyl halides is 3. The Labute approximate surface area is 107 Å². The normalized spacial score (nSPS) is 17.9. The van der Waals surface area contributed by atoms with Crippen molar-refractivity contribution >= 4 is 5.78 Å². The summed E-state index contributed by atoms with van der Waals surface area (Å²) in [6.07, 6.45) is -2.36. The Morgan fingerprint density at radius 1 is 1.32 bits per heavy atom. The second kappa shape index (κ2) is 4.59. The number of nitrogens with two attached hydrogens (primary N) is 1. The zero-order valence-corrected chi connectivity index (χ0v) is 10.1. The van der Waals surface area contributed by atoms with E-state index in [1.165, 1.54) is 0 Å². The third-order valence-electron chi connectivity index (χ3n) is 3.46. The number of Topliss-reactive ketones (excluding diaryl/α,β-unsaturated/α-hetero) is 1. The summed E-state index contributed by atoms with van der Waals surface area (Å²) in [5, 5.41) is 0. The van der Waals surface area contributed by atoms with E-state index in [4.69, 9.17) is 5.73 Å². The van der Waals surface area contributed by atoms with Crippen LogP contribution in [0.3, 0.4) is 0 Å². The van der Waals surface area contributed by atoms with E-state index in [1.807, 2.05) is 0 Å². The third-order valence-corrected chi connectivity index (χ3v) is 3.46. The van der Waals surface area contributed by atoms with Gasteiger partial charge in [-0.05, 0) is 31.4 Å². The van der Waals surface area contributed by atoms with Gasteiger partial charge in [0.15, 0.2) is 5.78 Å². The van der Waals surface area contributed by atoms with Crippen molar-refractivity contribution < 1.29 is 22.4 Å². The molecule has 0 atom stereocenters. The lowest BCUT2D eigenvalue weighted by Gasteiger charge is -2.37. The van der Waals surface area contributed by atoms with Gasteiger partial charge in [0.1, 0.15) is 5.82 Å². The lowest BCUT2D eigenvalue weighted by Crippen LogP contribution is -2.48. The second-order valence-corrected chi connectivity index (χ2v) is 5.01. The van der Waals surface area contributed by atoms with E-state index in [1.54, 1.807) is 0 Å². The van der Waals surface area contributed by atoms with Crippen LogP contribution < -0.4 is 5.73 Å². The van der Waals surface area contributed by atoms with Crippen molar-refractivity contribution in [3.8, 4) is 0 Å². The monoisotopic (exact) mass is 275 g/mol. The molecule has 0 aromatic heterocycles. The molecule has 0 heterocycles. The van der Waals surface area contributed by atoms with Crippen molar-refractivity contribution in [1.82, 2.24) is 0 Å². The summed E-state index contributed by atoms with van der Waals surface area (Å²) >= 11 is 0. The molecule has 0 spiro atoms. The summed E-state index contributed by atoms with van der Waals surface area (Å²) in [6.45, 7) is 0. The number of hydrogen-bond donors (Lipinski definition) is 1. The Bertz CT molecular complexity index is 506. The molecule has 1 aliphatic rings. The first-order valence-electron chi connectivity index (χ1n) is 5.90. The average Bonchev–Trinajstić information content (AvgIpc) is 2.24. The average molecular weight is 275 g/mol. The molecule has 6 heteroatoms. The third kappa shape index (κ3) is 2.94. The predicted molar refractivity (Wildman–Crippen MR) is 61.1 cm³/mol. The molecule has 19 heavy (non-hydrogen) atoms. The van der Waals surface area contributed by atoms with Crippen LogP contribution in [0.5, 0.6) is 0 Å². The van der Waals surface area contributed by atoms with E-state index in [9.17, 15) is 22.4 Å². The van der Waals surface area contributed by atoms with Crippen LogP contribution in [0.4, 0.5) is 17.6 Å². The molecule has 2 rings (SSSR count). The molecule has 0 amide bonds. The molecule has 1 saturated carbocycles. The molecular formula is C13H13F4NO. The van der Waals surface area contributed by atoms with E-state index in [0.717, 1.165) is 12.5 Å². The Kier molecular flexibility index (Phi) is 3.38. The fourth-order valence-electron chi connectivity index (χ4n) is 2.15. The zero-order chi connectivity index (χ0) is 14.3. The fraction of sp³-hybridized carbons (Fsp3) is 0.462. The SMILES string of the molecule is NC1(CC(=O)c2ccc(C(F)(F)F)c(F)c2)CCC1. The van der Waals surface area contributed by atoms with Crippen molar-refractivity contribution in [2.45, 2.75) is 37.4 Å². The van der Waals surface area contributed by atoms with Gasteiger partial charge in [0.25, 0.3) is 0 Å². The van der Waals surface area contributed by atoms with E-state index in [-0.39, 0.29) is 12.0 Å². The molecule has 2 N–H and O–H groups in total. The zero-order valence-electron chi connectivity index (χ0n) is 10.1. The molecule has 0 unspecified atom stereocenters. The van der Waals surface area contributed by atoms with Crippen molar-refractivity contribution in [2.75, 3.05) is 0 Å². The van der Waals surface area contributed by atoms with Gasteiger partial charge in [-0.1, -0.05) is 6.07 Å². The van der Waals surface area contributed by atoms with Crippen molar-refractivity contribution in [1.29, 1.82) is 0 Å². The fourth-order valence-corrected chi connectivity index (χ4v) is 2.15. The van der Waals surface area contributed by atoms with Crippen LogP contribution in [0, 0.1) is 5.82 Å². The van der Waals surface area contributed by atoms with Gasteiger partial charge in [-0.3, -0.25) is 4.79 Å². The van der Waals surface area contributed by atoms with Crippen molar-refractivity contribution in [3.63, 3.8) is 0 Å². The van der Waals surface area contributed by atoms with Crippen LogP contribution in [0.25, 0.3) is 0 Å². The highest BCUT2D eigenvalue weighted by atomic mass is 19.4. The maximum Gasteiger partial charge on any atom is 0.419 e. The number of halogens is 4. The minimum atomic E-state index is -4.76. The van der Waals surface area contributed by atoms with Gasteiger partial charge in [0, 0.05) is 17.5 Å². The van der Waals surface area contributed by atoms with Gasteiger partial charge in [-0.25, -0.2) is 4.39 Å². The second-order valence-electron chi connectivity index (χ2n) is 5.01. The molecular weight excluding hydrogens is 262 g/mol. The topological polar surface area (TPSA) is 43.1 Å². The lowest BCUT2D eigenvalue weighted by molar-refractivity contribution is -0.140. The van der Waals surface area contributed by atoms with Crippen molar-refractivity contribution in [2.24, 2.45) is 5.73 Å². The summed E-state index contributed by atoms with van der Waals surface area (Å²) in [7, 11) is 0. The van der Waals surface area contributed by atoms with Gasteiger partial charge in [0.05, 0.1) is 5.56 Å².